The molecule has 0 saturated carbocycles. The summed E-state index contributed by atoms with van der Waals surface area (Å²) in [6.07, 6.45) is 1.75. The molecule has 2 N–H and O–H groups in total. The molecular weight excluding hydrogens is 314 g/mol. The Morgan fingerprint density at radius 1 is 1.30 bits per heavy atom. The summed E-state index contributed by atoms with van der Waals surface area (Å²) >= 11 is 0. The van der Waals surface area contributed by atoms with Gasteiger partial charge in [-0.05, 0) is 23.5 Å². The Kier molecular flexibility index (Phi) is 4.89. The van der Waals surface area contributed by atoms with Crippen LogP contribution in [0, 0.1) is 5.41 Å². The van der Waals surface area contributed by atoms with Crippen molar-refractivity contribution in [3.05, 3.63) is 29.8 Å². The number of amides is 2. The van der Waals surface area contributed by atoms with Gasteiger partial charge in [0.25, 0.3) is 0 Å². The predicted molar refractivity (Wildman–Crippen MR) is 92.0 cm³/mol. The molecule has 2 amide bonds. The van der Waals surface area contributed by atoms with Crippen molar-refractivity contribution in [2.45, 2.75) is 33.2 Å². The number of urea groups is 1. The van der Waals surface area contributed by atoms with Gasteiger partial charge >= 0.3 is 6.03 Å². The highest BCUT2D eigenvalue weighted by atomic mass is 32.2. The maximum Gasteiger partial charge on any atom is 0.315 e. The lowest BCUT2D eigenvalue weighted by Crippen LogP contribution is -2.45. The number of sulfonamides is 1. The zero-order valence-corrected chi connectivity index (χ0v) is 14.9. The molecule has 1 aliphatic heterocycles. The number of fused-ring (bicyclic) bond motifs is 1. The summed E-state index contributed by atoms with van der Waals surface area (Å²) in [6, 6.07) is 6.88. The Bertz CT molecular complexity index is 680. The SMILES string of the molecule is CC(C)(C)CNC(=O)NC1CCN(S(C)(=O)=O)c2ccccc21. The number of rotatable bonds is 3. The van der Waals surface area contributed by atoms with Crippen LogP contribution in [-0.2, 0) is 10.0 Å². The number of benzene rings is 1. The summed E-state index contributed by atoms with van der Waals surface area (Å²) < 4.78 is 25.2. The Labute approximate surface area is 138 Å². The van der Waals surface area contributed by atoms with Crippen molar-refractivity contribution >= 4 is 21.7 Å². The van der Waals surface area contributed by atoms with E-state index in [4.69, 9.17) is 0 Å². The van der Waals surface area contributed by atoms with Gasteiger partial charge in [-0.3, -0.25) is 4.31 Å². The third kappa shape index (κ3) is 4.60. The van der Waals surface area contributed by atoms with E-state index in [1.807, 2.05) is 32.9 Å². The van der Waals surface area contributed by atoms with E-state index in [1.54, 1.807) is 12.1 Å². The molecule has 1 aromatic carbocycles. The van der Waals surface area contributed by atoms with E-state index < -0.39 is 10.0 Å². The first-order valence-electron chi connectivity index (χ1n) is 7.69. The summed E-state index contributed by atoms with van der Waals surface area (Å²) in [5.41, 5.74) is 1.48. The number of hydrogen-bond donors (Lipinski definition) is 2. The summed E-state index contributed by atoms with van der Waals surface area (Å²) in [6.45, 7) is 7.08. The van der Waals surface area contributed by atoms with Gasteiger partial charge in [-0.15, -0.1) is 0 Å². The van der Waals surface area contributed by atoms with Crippen LogP contribution in [0.4, 0.5) is 10.5 Å². The number of carbonyl (C=O) groups is 1. The van der Waals surface area contributed by atoms with E-state index in [9.17, 15) is 13.2 Å². The zero-order chi connectivity index (χ0) is 17.3. The average Bonchev–Trinajstić information content (AvgIpc) is 2.43. The molecule has 0 aromatic heterocycles. The monoisotopic (exact) mass is 339 g/mol. The van der Waals surface area contributed by atoms with Crippen LogP contribution in [-0.4, -0.2) is 33.8 Å². The van der Waals surface area contributed by atoms with Crippen LogP contribution >= 0.6 is 0 Å². The van der Waals surface area contributed by atoms with E-state index in [0.29, 0.717) is 25.2 Å². The molecule has 1 unspecified atom stereocenters. The Morgan fingerprint density at radius 2 is 1.96 bits per heavy atom. The molecule has 23 heavy (non-hydrogen) atoms. The van der Waals surface area contributed by atoms with Gasteiger partial charge in [-0.2, -0.15) is 0 Å². The second-order valence-corrected chi connectivity index (χ2v) is 9.03. The molecule has 128 valence electrons. The number of anilines is 1. The summed E-state index contributed by atoms with van der Waals surface area (Å²) in [5.74, 6) is 0. The standard InChI is InChI=1S/C16H25N3O3S/c1-16(2,3)11-17-15(20)18-13-9-10-19(23(4,21)22)14-8-6-5-7-12(13)14/h5-8,13H,9-11H2,1-4H3,(H2,17,18,20). The number of hydrogen-bond acceptors (Lipinski definition) is 3. The maximum atomic E-state index is 12.1. The third-order valence-electron chi connectivity index (χ3n) is 3.69. The Morgan fingerprint density at radius 3 is 2.57 bits per heavy atom. The highest BCUT2D eigenvalue weighted by Crippen LogP contribution is 2.34. The molecule has 0 spiro atoms. The summed E-state index contributed by atoms with van der Waals surface area (Å²) in [4.78, 5) is 12.1. The van der Waals surface area contributed by atoms with Crippen molar-refractivity contribution in [3.63, 3.8) is 0 Å². The number of carbonyl (C=O) groups excluding carboxylic acids is 1. The summed E-state index contributed by atoms with van der Waals surface area (Å²) in [5, 5.41) is 5.81. The smallest absolute Gasteiger partial charge is 0.315 e. The van der Waals surface area contributed by atoms with Gasteiger partial charge in [0.15, 0.2) is 0 Å². The second kappa shape index (κ2) is 6.39. The van der Waals surface area contributed by atoms with Crippen LogP contribution in [0.2, 0.25) is 0 Å². The van der Waals surface area contributed by atoms with Crippen molar-refractivity contribution in [3.8, 4) is 0 Å². The second-order valence-electron chi connectivity index (χ2n) is 7.12. The van der Waals surface area contributed by atoms with Crippen LogP contribution in [0.5, 0.6) is 0 Å². The van der Waals surface area contributed by atoms with Crippen LogP contribution in [0.1, 0.15) is 38.8 Å². The van der Waals surface area contributed by atoms with Gasteiger partial charge in [-0.25, -0.2) is 13.2 Å². The predicted octanol–water partition coefficient (Wildman–Crippen LogP) is 2.24. The average molecular weight is 339 g/mol. The Hall–Kier alpha value is -1.76. The minimum atomic E-state index is -3.32. The van der Waals surface area contributed by atoms with Gasteiger partial charge in [-0.1, -0.05) is 39.0 Å². The highest BCUT2D eigenvalue weighted by Gasteiger charge is 2.30. The molecular formula is C16H25N3O3S. The molecule has 2 rings (SSSR count). The van der Waals surface area contributed by atoms with Crippen LogP contribution in [0.25, 0.3) is 0 Å². The molecule has 0 bridgehead atoms. The van der Waals surface area contributed by atoms with Crippen molar-refractivity contribution in [1.29, 1.82) is 0 Å². The van der Waals surface area contributed by atoms with Gasteiger partial charge in [0.05, 0.1) is 18.0 Å². The van der Waals surface area contributed by atoms with Gasteiger partial charge in [0.1, 0.15) is 0 Å². The number of para-hydroxylation sites is 1. The van der Waals surface area contributed by atoms with Gasteiger partial charge in [0.2, 0.25) is 10.0 Å². The number of nitrogens with one attached hydrogen (secondary N) is 2. The molecule has 0 fully saturated rings. The van der Waals surface area contributed by atoms with E-state index in [2.05, 4.69) is 10.6 Å². The lowest BCUT2D eigenvalue weighted by molar-refractivity contribution is 0.231. The molecule has 1 aliphatic rings. The van der Waals surface area contributed by atoms with E-state index >= 15 is 0 Å². The first-order valence-corrected chi connectivity index (χ1v) is 9.54. The molecule has 1 atom stereocenters. The molecule has 6 nitrogen and oxygen atoms in total. The lowest BCUT2D eigenvalue weighted by atomic mass is 9.97. The minimum Gasteiger partial charge on any atom is -0.338 e. The third-order valence-corrected chi connectivity index (χ3v) is 4.87. The minimum absolute atomic E-state index is 0.00883. The van der Waals surface area contributed by atoms with E-state index in [0.717, 1.165) is 5.56 Å². The van der Waals surface area contributed by atoms with Gasteiger partial charge in [0, 0.05) is 13.1 Å². The molecule has 0 aliphatic carbocycles. The fourth-order valence-electron chi connectivity index (χ4n) is 2.58. The van der Waals surface area contributed by atoms with Crippen molar-refractivity contribution < 1.29 is 13.2 Å². The first kappa shape index (κ1) is 17.6. The van der Waals surface area contributed by atoms with Crippen LogP contribution in [0.15, 0.2) is 24.3 Å². The molecule has 0 saturated heterocycles. The van der Waals surface area contributed by atoms with Crippen molar-refractivity contribution in [2.24, 2.45) is 5.41 Å². The molecule has 1 aromatic rings. The fourth-order valence-corrected chi connectivity index (χ4v) is 3.54. The quantitative estimate of drug-likeness (QED) is 0.886. The zero-order valence-electron chi connectivity index (χ0n) is 14.1. The van der Waals surface area contributed by atoms with Crippen molar-refractivity contribution in [2.75, 3.05) is 23.7 Å². The Balaban J connectivity index is 2.14. The first-order chi connectivity index (χ1) is 10.6. The van der Waals surface area contributed by atoms with Crippen molar-refractivity contribution in [1.82, 2.24) is 10.6 Å². The molecule has 0 radical (unpaired) electrons. The topological polar surface area (TPSA) is 78.5 Å². The fraction of sp³-hybridized carbons (Fsp3) is 0.562. The maximum absolute atomic E-state index is 12.1. The summed E-state index contributed by atoms with van der Waals surface area (Å²) in [7, 11) is -3.32. The van der Waals surface area contributed by atoms with Crippen LogP contribution < -0.4 is 14.9 Å². The van der Waals surface area contributed by atoms with Gasteiger partial charge < -0.3 is 10.6 Å². The number of nitrogens with zero attached hydrogens (tertiary/aromatic N) is 1. The van der Waals surface area contributed by atoms with E-state index in [-0.39, 0.29) is 17.5 Å². The molecule has 1 heterocycles. The largest absolute Gasteiger partial charge is 0.338 e. The van der Waals surface area contributed by atoms with E-state index in [1.165, 1.54) is 10.6 Å². The molecule has 7 heteroatoms. The highest BCUT2D eigenvalue weighted by molar-refractivity contribution is 7.92. The van der Waals surface area contributed by atoms with Crippen LogP contribution in [0.3, 0.4) is 0 Å². The lowest BCUT2D eigenvalue weighted by Gasteiger charge is -2.34. The normalized spacial score (nSPS) is 18.3.